The molecule has 29 heavy (non-hydrogen) atoms. The Morgan fingerprint density at radius 2 is 1.83 bits per heavy atom. The van der Waals surface area contributed by atoms with E-state index in [1.165, 1.54) is 18.9 Å². The summed E-state index contributed by atoms with van der Waals surface area (Å²) in [5.41, 5.74) is 4.12. The Morgan fingerprint density at radius 1 is 1.14 bits per heavy atom. The molecule has 1 N–H and O–H groups in total. The number of H-pyrrole nitrogens is 1. The number of rotatable bonds is 6. The predicted molar refractivity (Wildman–Crippen MR) is 112 cm³/mol. The number of ether oxygens (including phenoxy) is 1. The molecule has 3 rings (SSSR count). The van der Waals surface area contributed by atoms with Crippen LogP contribution in [0.2, 0.25) is 0 Å². The van der Waals surface area contributed by atoms with Gasteiger partial charge >= 0.3 is 5.97 Å². The largest absolute Gasteiger partial charge is 0.465 e. The Balaban J connectivity index is 1.91. The van der Waals surface area contributed by atoms with Crippen molar-refractivity contribution in [2.45, 2.75) is 45.0 Å². The second-order valence-corrected chi connectivity index (χ2v) is 8.20. The molecule has 1 atom stereocenters. The van der Waals surface area contributed by atoms with Crippen molar-refractivity contribution in [1.29, 1.82) is 0 Å². The number of hydrogen-bond acceptors (Lipinski definition) is 6. The monoisotopic (exact) mass is 412 g/mol. The summed E-state index contributed by atoms with van der Waals surface area (Å²) in [6, 6.07) is 7.97. The number of thioether (sulfide) groups is 1. The molecule has 0 aliphatic carbocycles. The van der Waals surface area contributed by atoms with Crippen LogP contribution in [0.1, 0.15) is 50.4 Å². The van der Waals surface area contributed by atoms with Crippen molar-refractivity contribution in [2.24, 2.45) is 0 Å². The number of aromatic nitrogens is 4. The van der Waals surface area contributed by atoms with Gasteiger partial charge in [-0.3, -0.25) is 9.36 Å². The first-order valence-electron chi connectivity index (χ1n) is 9.22. The number of aromatic amines is 1. The van der Waals surface area contributed by atoms with Gasteiger partial charge in [0.25, 0.3) is 0 Å². The Labute approximate surface area is 173 Å². The fraction of sp³-hybridized carbons (Fsp3) is 0.333. The zero-order valence-corrected chi connectivity index (χ0v) is 18.2. The van der Waals surface area contributed by atoms with Crippen LogP contribution in [0, 0.1) is 27.7 Å². The minimum Gasteiger partial charge on any atom is -0.465 e. The van der Waals surface area contributed by atoms with Gasteiger partial charge in [0.2, 0.25) is 0 Å². The average Bonchev–Trinajstić information content (AvgIpc) is 3.20. The first-order valence-corrected chi connectivity index (χ1v) is 10.1. The number of methoxy groups -OCH3 is 1. The lowest BCUT2D eigenvalue weighted by molar-refractivity contribution is 0.0599. The molecule has 0 saturated carbocycles. The van der Waals surface area contributed by atoms with Gasteiger partial charge < -0.3 is 9.72 Å². The first kappa shape index (κ1) is 20.9. The Morgan fingerprint density at radius 3 is 2.48 bits per heavy atom. The van der Waals surface area contributed by atoms with E-state index in [2.05, 4.69) is 15.2 Å². The molecule has 0 saturated heterocycles. The van der Waals surface area contributed by atoms with E-state index in [1.807, 2.05) is 49.6 Å². The molecule has 1 aromatic carbocycles. The van der Waals surface area contributed by atoms with Crippen LogP contribution in [0.3, 0.4) is 0 Å². The summed E-state index contributed by atoms with van der Waals surface area (Å²) in [6.07, 6.45) is 0. The number of carbonyl (C=O) groups is 2. The molecule has 0 bridgehead atoms. The molecule has 0 fully saturated rings. The minimum atomic E-state index is -0.453. The lowest BCUT2D eigenvalue weighted by Crippen LogP contribution is -2.16. The van der Waals surface area contributed by atoms with Crippen LogP contribution in [-0.4, -0.2) is 43.9 Å². The normalized spacial score (nSPS) is 12.1. The number of nitrogens with zero attached hydrogens (tertiary/aromatic N) is 3. The lowest BCUT2D eigenvalue weighted by Gasteiger charge is -2.13. The predicted octanol–water partition coefficient (Wildman–Crippen LogP) is 3.98. The van der Waals surface area contributed by atoms with E-state index in [4.69, 9.17) is 4.74 Å². The number of nitrogens with one attached hydrogen (secondary N) is 1. The smallest absolute Gasteiger partial charge is 0.339 e. The number of ketones is 1. The fourth-order valence-electron chi connectivity index (χ4n) is 3.33. The lowest BCUT2D eigenvalue weighted by atomic mass is 10.1. The number of para-hydroxylation sites is 1. The molecule has 0 amide bonds. The van der Waals surface area contributed by atoms with Crippen molar-refractivity contribution in [1.82, 2.24) is 19.7 Å². The van der Waals surface area contributed by atoms with Crippen LogP contribution >= 0.6 is 11.8 Å². The molecule has 0 radical (unpaired) electrons. The summed E-state index contributed by atoms with van der Waals surface area (Å²) < 4.78 is 6.78. The van der Waals surface area contributed by atoms with Crippen molar-refractivity contribution in [2.75, 3.05) is 7.11 Å². The molecule has 2 heterocycles. The van der Waals surface area contributed by atoms with Crippen molar-refractivity contribution < 1.29 is 14.3 Å². The van der Waals surface area contributed by atoms with E-state index >= 15 is 0 Å². The van der Waals surface area contributed by atoms with Crippen molar-refractivity contribution in [3.05, 3.63) is 58.2 Å². The van der Waals surface area contributed by atoms with Gasteiger partial charge in [0.15, 0.2) is 10.9 Å². The summed E-state index contributed by atoms with van der Waals surface area (Å²) in [5.74, 6) is 0.189. The first-order chi connectivity index (χ1) is 13.8. The van der Waals surface area contributed by atoms with E-state index in [0.717, 1.165) is 17.1 Å². The highest BCUT2D eigenvalue weighted by molar-refractivity contribution is 8.00. The zero-order chi connectivity index (χ0) is 21.3. The van der Waals surface area contributed by atoms with Gasteiger partial charge in [-0.2, -0.15) is 0 Å². The molecule has 8 heteroatoms. The molecule has 0 aliphatic heterocycles. The quantitative estimate of drug-likeness (QED) is 0.374. The Bertz CT molecular complexity index is 1080. The Kier molecular flexibility index (Phi) is 5.93. The highest BCUT2D eigenvalue weighted by Gasteiger charge is 2.27. The number of esters is 1. The SMILES string of the molecule is COC(=O)c1c(C)[nH]c(C(=O)C(C)Sc2nnc(C)n2-c2ccccc2C)c1C. The van der Waals surface area contributed by atoms with Crippen LogP contribution in [-0.2, 0) is 4.74 Å². The van der Waals surface area contributed by atoms with E-state index in [1.54, 1.807) is 13.8 Å². The Hall–Kier alpha value is -2.87. The fourth-order valence-corrected chi connectivity index (χ4v) is 4.30. The number of aryl methyl sites for hydroxylation is 3. The van der Waals surface area contributed by atoms with Crippen LogP contribution in [0.25, 0.3) is 5.69 Å². The maximum absolute atomic E-state index is 13.1. The summed E-state index contributed by atoms with van der Waals surface area (Å²) in [7, 11) is 1.33. The van der Waals surface area contributed by atoms with Gasteiger partial charge in [-0.05, 0) is 51.8 Å². The van der Waals surface area contributed by atoms with Gasteiger partial charge in [0.05, 0.1) is 29.3 Å². The van der Waals surface area contributed by atoms with Crippen LogP contribution in [0.5, 0.6) is 0 Å². The van der Waals surface area contributed by atoms with E-state index < -0.39 is 11.2 Å². The van der Waals surface area contributed by atoms with Crippen molar-refractivity contribution in [3.8, 4) is 5.69 Å². The number of carbonyl (C=O) groups excluding carboxylic acids is 2. The van der Waals surface area contributed by atoms with Crippen LogP contribution < -0.4 is 0 Å². The molecule has 7 nitrogen and oxygen atoms in total. The molecular weight excluding hydrogens is 388 g/mol. The molecule has 152 valence electrons. The second-order valence-electron chi connectivity index (χ2n) is 6.89. The minimum absolute atomic E-state index is 0.109. The second kappa shape index (κ2) is 8.24. The number of benzene rings is 1. The maximum Gasteiger partial charge on any atom is 0.339 e. The highest BCUT2D eigenvalue weighted by Crippen LogP contribution is 2.30. The van der Waals surface area contributed by atoms with Gasteiger partial charge in [0.1, 0.15) is 5.82 Å². The van der Waals surface area contributed by atoms with Crippen molar-refractivity contribution in [3.63, 3.8) is 0 Å². The van der Waals surface area contributed by atoms with Gasteiger partial charge in [-0.25, -0.2) is 4.79 Å². The summed E-state index contributed by atoms with van der Waals surface area (Å²) in [4.78, 5) is 28.2. The highest BCUT2D eigenvalue weighted by atomic mass is 32.2. The van der Waals surface area contributed by atoms with E-state index in [9.17, 15) is 9.59 Å². The van der Waals surface area contributed by atoms with E-state index in [-0.39, 0.29) is 5.78 Å². The van der Waals surface area contributed by atoms with Crippen LogP contribution in [0.15, 0.2) is 29.4 Å². The molecule has 1 unspecified atom stereocenters. The van der Waals surface area contributed by atoms with Crippen molar-refractivity contribution >= 4 is 23.5 Å². The van der Waals surface area contributed by atoms with Gasteiger partial charge in [-0.1, -0.05) is 30.0 Å². The molecular formula is C21H24N4O3S. The molecule has 2 aromatic heterocycles. The topological polar surface area (TPSA) is 89.9 Å². The third-order valence-corrected chi connectivity index (χ3v) is 5.92. The van der Waals surface area contributed by atoms with E-state index in [0.29, 0.717) is 27.7 Å². The third kappa shape index (κ3) is 3.85. The summed E-state index contributed by atoms with van der Waals surface area (Å²) in [6.45, 7) is 9.24. The average molecular weight is 413 g/mol. The summed E-state index contributed by atoms with van der Waals surface area (Å²) in [5, 5.41) is 8.69. The van der Waals surface area contributed by atoms with Crippen LogP contribution in [0.4, 0.5) is 0 Å². The third-order valence-electron chi connectivity index (χ3n) is 4.88. The van der Waals surface area contributed by atoms with Gasteiger partial charge in [0, 0.05) is 5.69 Å². The summed E-state index contributed by atoms with van der Waals surface area (Å²) >= 11 is 1.34. The molecule has 0 aliphatic rings. The maximum atomic E-state index is 13.1. The number of hydrogen-bond donors (Lipinski definition) is 1. The molecule has 0 spiro atoms. The number of Topliss-reactive ketones (excluding diaryl/α,β-unsaturated/α-hetero) is 1. The van der Waals surface area contributed by atoms with Gasteiger partial charge in [-0.15, -0.1) is 10.2 Å². The molecule has 3 aromatic rings. The zero-order valence-electron chi connectivity index (χ0n) is 17.4. The standard InChI is InChI=1S/C21H24N4O3S/c1-11-9-7-8-10-16(11)25-15(5)23-24-21(25)29-14(4)19(26)18-12(2)17(13(3)22-18)20(27)28-6/h7-10,14,22H,1-6H3.